The fourth-order valence-corrected chi connectivity index (χ4v) is 3.10. The van der Waals surface area contributed by atoms with Crippen molar-refractivity contribution in [1.82, 2.24) is 0 Å². The van der Waals surface area contributed by atoms with Crippen LogP contribution in [-0.4, -0.2) is 24.3 Å². The fourth-order valence-electron chi connectivity index (χ4n) is 3.10. The number of carbonyl (C=O) groups is 3. The summed E-state index contributed by atoms with van der Waals surface area (Å²) in [5.41, 5.74) is 3.17. The van der Waals surface area contributed by atoms with Crippen LogP contribution in [0.1, 0.15) is 43.0 Å². The van der Waals surface area contributed by atoms with Gasteiger partial charge in [0, 0.05) is 11.1 Å². The number of esters is 1. The Morgan fingerprint density at radius 3 is 2.19 bits per heavy atom. The summed E-state index contributed by atoms with van der Waals surface area (Å²) < 4.78 is 19.0. The molecule has 6 heteroatoms. The summed E-state index contributed by atoms with van der Waals surface area (Å²) in [5.74, 6) is -2.38. The zero-order chi connectivity index (χ0) is 22.5. The van der Waals surface area contributed by atoms with Gasteiger partial charge < -0.3 is 10.1 Å². The van der Waals surface area contributed by atoms with E-state index in [4.69, 9.17) is 4.74 Å². The maximum absolute atomic E-state index is 13.9. The molecule has 0 aliphatic rings. The molecular weight excluding hydrogens is 397 g/mol. The number of amides is 1. The molecule has 0 bridgehead atoms. The first kappa shape index (κ1) is 21.9. The van der Waals surface area contributed by atoms with E-state index in [2.05, 4.69) is 5.32 Å². The minimum atomic E-state index is -0.811. The minimum absolute atomic E-state index is 0.00264. The molecule has 0 aromatic heterocycles. The number of ether oxygens (including phenoxy) is 1. The summed E-state index contributed by atoms with van der Waals surface area (Å²) >= 11 is 0. The van der Waals surface area contributed by atoms with Gasteiger partial charge in [-0.2, -0.15) is 0 Å². The molecule has 0 saturated heterocycles. The van der Waals surface area contributed by atoms with Gasteiger partial charge >= 0.3 is 5.97 Å². The van der Waals surface area contributed by atoms with Crippen molar-refractivity contribution in [2.45, 2.75) is 20.8 Å². The molecule has 3 aromatic carbocycles. The lowest BCUT2D eigenvalue weighted by molar-refractivity contribution is -0.119. The first-order valence-electron chi connectivity index (χ1n) is 9.70. The SMILES string of the molecule is Cc1ccc(NC(=O)COC(=O)c2ccccc2C(=O)c2cc(C)ccc2C)c(F)c1. The Kier molecular flexibility index (Phi) is 6.60. The van der Waals surface area contributed by atoms with Crippen LogP contribution in [0.2, 0.25) is 0 Å². The molecule has 1 N–H and O–H groups in total. The van der Waals surface area contributed by atoms with Gasteiger partial charge in [0.15, 0.2) is 12.4 Å². The second-order valence-corrected chi connectivity index (χ2v) is 7.30. The fraction of sp³-hybridized carbons (Fsp3) is 0.160. The standard InChI is InChI=1S/C25H22FNO4/c1-15-8-10-17(3)20(12-15)24(29)18-6-4-5-7-19(18)25(30)31-14-23(28)27-22-11-9-16(2)13-21(22)26/h4-13H,14H2,1-3H3,(H,27,28). The molecule has 31 heavy (non-hydrogen) atoms. The van der Waals surface area contributed by atoms with E-state index in [1.54, 1.807) is 37.3 Å². The molecule has 0 fully saturated rings. The number of rotatable bonds is 6. The van der Waals surface area contributed by atoms with E-state index in [9.17, 15) is 18.8 Å². The highest BCUT2D eigenvalue weighted by Crippen LogP contribution is 2.20. The van der Waals surface area contributed by atoms with Crippen LogP contribution >= 0.6 is 0 Å². The van der Waals surface area contributed by atoms with Crippen molar-refractivity contribution < 1.29 is 23.5 Å². The van der Waals surface area contributed by atoms with Crippen LogP contribution in [0.5, 0.6) is 0 Å². The zero-order valence-corrected chi connectivity index (χ0v) is 17.5. The summed E-state index contributed by atoms with van der Waals surface area (Å²) in [5, 5.41) is 2.36. The Hall–Kier alpha value is -3.80. The number of carbonyl (C=O) groups excluding carboxylic acids is 3. The van der Waals surface area contributed by atoms with E-state index in [1.165, 1.54) is 18.2 Å². The topological polar surface area (TPSA) is 72.5 Å². The molecule has 0 atom stereocenters. The van der Waals surface area contributed by atoms with Crippen LogP contribution in [0.4, 0.5) is 10.1 Å². The Morgan fingerprint density at radius 2 is 1.48 bits per heavy atom. The first-order valence-corrected chi connectivity index (χ1v) is 9.70. The molecular formula is C25H22FNO4. The maximum atomic E-state index is 13.9. The van der Waals surface area contributed by atoms with E-state index in [0.29, 0.717) is 11.1 Å². The van der Waals surface area contributed by atoms with Gasteiger partial charge in [-0.05, 0) is 56.2 Å². The molecule has 0 spiro atoms. The smallest absolute Gasteiger partial charge is 0.339 e. The third-order valence-electron chi connectivity index (χ3n) is 4.76. The van der Waals surface area contributed by atoms with E-state index in [-0.39, 0.29) is 22.6 Å². The molecule has 5 nitrogen and oxygen atoms in total. The van der Waals surface area contributed by atoms with Gasteiger partial charge in [0.25, 0.3) is 5.91 Å². The third-order valence-corrected chi connectivity index (χ3v) is 4.76. The molecule has 0 heterocycles. The van der Waals surface area contributed by atoms with Crippen LogP contribution in [-0.2, 0) is 9.53 Å². The molecule has 0 unspecified atom stereocenters. The van der Waals surface area contributed by atoms with Gasteiger partial charge in [-0.3, -0.25) is 9.59 Å². The van der Waals surface area contributed by atoms with Gasteiger partial charge in [-0.1, -0.05) is 42.0 Å². The van der Waals surface area contributed by atoms with Crippen LogP contribution in [0, 0.1) is 26.6 Å². The monoisotopic (exact) mass is 419 g/mol. The summed E-state index contributed by atoms with van der Waals surface area (Å²) in [6.07, 6.45) is 0. The molecule has 0 aliphatic heterocycles. The Labute approximate surface area is 179 Å². The highest BCUT2D eigenvalue weighted by molar-refractivity contribution is 6.15. The molecule has 0 radical (unpaired) electrons. The van der Waals surface area contributed by atoms with Crippen molar-refractivity contribution >= 4 is 23.3 Å². The zero-order valence-electron chi connectivity index (χ0n) is 17.5. The van der Waals surface area contributed by atoms with Crippen LogP contribution in [0.15, 0.2) is 60.7 Å². The number of nitrogens with one attached hydrogen (secondary N) is 1. The Balaban J connectivity index is 1.73. The van der Waals surface area contributed by atoms with Crippen molar-refractivity contribution in [2.24, 2.45) is 0 Å². The molecule has 3 rings (SSSR count). The van der Waals surface area contributed by atoms with Crippen LogP contribution < -0.4 is 5.32 Å². The second kappa shape index (κ2) is 9.34. The van der Waals surface area contributed by atoms with Gasteiger partial charge in [0.1, 0.15) is 5.82 Å². The van der Waals surface area contributed by atoms with E-state index in [1.807, 2.05) is 26.0 Å². The quantitative estimate of drug-likeness (QED) is 0.461. The van der Waals surface area contributed by atoms with E-state index in [0.717, 1.165) is 11.1 Å². The third kappa shape index (κ3) is 5.22. The first-order chi connectivity index (χ1) is 14.8. The number of hydrogen-bond acceptors (Lipinski definition) is 4. The lowest BCUT2D eigenvalue weighted by Gasteiger charge is -2.11. The number of aryl methyl sites for hydroxylation is 3. The molecule has 0 saturated carbocycles. The molecule has 3 aromatic rings. The number of hydrogen-bond donors (Lipinski definition) is 1. The minimum Gasteiger partial charge on any atom is -0.452 e. The highest BCUT2D eigenvalue weighted by Gasteiger charge is 2.21. The lowest BCUT2D eigenvalue weighted by Crippen LogP contribution is -2.22. The van der Waals surface area contributed by atoms with Gasteiger partial charge in [-0.15, -0.1) is 0 Å². The van der Waals surface area contributed by atoms with Crippen molar-refractivity contribution in [2.75, 3.05) is 11.9 Å². The Morgan fingerprint density at radius 1 is 0.839 bits per heavy atom. The maximum Gasteiger partial charge on any atom is 0.339 e. The summed E-state index contributed by atoms with van der Waals surface area (Å²) in [6, 6.07) is 16.2. The van der Waals surface area contributed by atoms with E-state index >= 15 is 0 Å². The van der Waals surface area contributed by atoms with Crippen molar-refractivity contribution in [3.63, 3.8) is 0 Å². The van der Waals surface area contributed by atoms with Gasteiger partial charge in [0.2, 0.25) is 0 Å². The van der Waals surface area contributed by atoms with Gasteiger partial charge in [0.05, 0.1) is 11.3 Å². The predicted molar refractivity (Wildman–Crippen MR) is 116 cm³/mol. The van der Waals surface area contributed by atoms with Gasteiger partial charge in [-0.25, -0.2) is 9.18 Å². The van der Waals surface area contributed by atoms with Crippen molar-refractivity contribution in [3.05, 3.63) is 99.9 Å². The summed E-state index contributed by atoms with van der Waals surface area (Å²) in [4.78, 5) is 37.7. The number of halogens is 1. The summed E-state index contributed by atoms with van der Waals surface area (Å²) in [6.45, 7) is 4.82. The normalized spacial score (nSPS) is 10.5. The molecule has 1 amide bonds. The van der Waals surface area contributed by atoms with E-state index < -0.39 is 24.3 Å². The lowest BCUT2D eigenvalue weighted by atomic mass is 9.94. The average molecular weight is 419 g/mol. The second-order valence-electron chi connectivity index (χ2n) is 7.30. The summed E-state index contributed by atoms with van der Waals surface area (Å²) in [7, 11) is 0. The highest BCUT2D eigenvalue weighted by atomic mass is 19.1. The largest absolute Gasteiger partial charge is 0.452 e. The van der Waals surface area contributed by atoms with Crippen LogP contribution in [0.3, 0.4) is 0 Å². The number of benzene rings is 3. The molecule has 158 valence electrons. The van der Waals surface area contributed by atoms with Crippen molar-refractivity contribution in [1.29, 1.82) is 0 Å². The van der Waals surface area contributed by atoms with Crippen LogP contribution in [0.25, 0.3) is 0 Å². The number of ketones is 1. The van der Waals surface area contributed by atoms with Crippen molar-refractivity contribution in [3.8, 4) is 0 Å². The predicted octanol–water partition coefficient (Wildman–Crippen LogP) is 4.78. The number of anilines is 1. The average Bonchev–Trinajstić information content (AvgIpc) is 2.75. The molecule has 0 aliphatic carbocycles. The Bertz CT molecular complexity index is 1170.